The van der Waals surface area contributed by atoms with Crippen molar-refractivity contribution >= 4 is 23.4 Å². The zero-order valence-corrected chi connectivity index (χ0v) is 14.4. The SMILES string of the molecule is CC(C)[C@@H](N)C(=O)N1CCCN(C(=O)c2ccccc2Cl)CC1. The van der Waals surface area contributed by atoms with E-state index in [4.69, 9.17) is 17.3 Å². The van der Waals surface area contributed by atoms with Crippen molar-refractivity contribution in [2.24, 2.45) is 11.7 Å². The fourth-order valence-corrected chi connectivity index (χ4v) is 2.86. The summed E-state index contributed by atoms with van der Waals surface area (Å²) in [6.07, 6.45) is 0.743. The second-order valence-electron chi connectivity index (χ2n) is 6.22. The van der Waals surface area contributed by atoms with Crippen molar-refractivity contribution in [2.75, 3.05) is 26.2 Å². The summed E-state index contributed by atoms with van der Waals surface area (Å²) in [6, 6.07) is 6.56. The van der Waals surface area contributed by atoms with Gasteiger partial charge in [0.1, 0.15) is 0 Å². The molecule has 1 aromatic carbocycles. The van der Waals surface area contributed by atoms with Crippen molar-refractivity contribution < 1.29 is 9.59 Å². The Morgan fingerprint density at radius 3 is 2.35 bits per heavy atom. The van der Waals surface area contributed by atoms with Gasteiger partial charge in [-0.1, -0.05) is 37.6 Å². The Balaban J connectivity index is 2.03. The fourth-order valence-electron chi connectivity index (χ4n) is 2.64. The zero-order valence-electron chi connectivity index (χ0n) is 13.7. The summed E-state index contributed by atoms with van der Waals surface area (Å²) in [7, 11) is 0. The lowest BCUT2D eigenvalue weighted by Gasteiger charge is -2.26. The van der Waals surface area contributed by atoms with Crippen LogP contribution >= 0.6 is 11.6 Å². The molecule has 2 rings (SSSR count). The number of hydrogen-bond donors (Lipinski definition) is 1. The Kier molecular flexibility index (Phi) is 6.02. The number of hydrogen-bond acceptors (Lipinski definition) is 3. The maximum absolute atomic E-state index is 12.6. The van der Waals surface area contributed by atoms with Crippen LogP contribution in [-0.4, -0.2) is 53.8 Å². The minimum absolute atomic E-state index is 0.0351. The number of amides is 2. The summed E-state index contributed by atoms with van der Waals surface area (Å²) in [6.45, 7) is 6.13. The predicted molar refractivity (Wildman–Crippen MR) is 91.4 cm³/mol. The normalized spacial score (nSPS) is 17.1. The first kappa shape index (κ1) is 17.8. The Bertz CT molecular complexity index is 577. The summed E-state index contributed by atoms with van der Waals surface area (Å²) in [5.41, 5.74) is 6.47. The number of carbonyl (C=O) groups is 2. The smallest absolute Gasteiger partial charge is 0.255 e. The summed E-state index contributed by atoms with van der Waals surface area (Å²) in [4.78, 5) is 28.5. The molecule has 1 saturated heterocycles. The van der Waals surface area contributed by atoms with E-state index in [9.17, 15) is 9.59 Å². The van der Waals surface area contributed by atoms with Crippen LogP contribution in [-0.2, 0) is 4.79 Å². The Morgan fingerprint density at radius 1 is 1.09 bits per heavy atom. The van der Waals surface area contributed by atoms with E-state index in [-0.39, 0.29) is 17.7 Å². The molecule has 23 heavy (non-hydrogen) atoms. The molecule has 1 fully saturated rings. The molecule has 1 heterocycles. The summed E-state index contributed by atoms with van der Waals surface area (Å²) < 4.78 is 0. The van der Waals surface area contributed by atoms with Gasteiger partial charge in [0, 0.05) is 26.2 Å². The topological polar surface area (TPSA) is 66.6 Å². The van der Waals surface area contributed by atoms with Crippen LogP contribution in [0, 0.1) is 5.92 Å². The molecule has 1 atom stereocenters. The number of rotatable bonds is 3. The second kappa shape index (κ2) is 7.79. The lowest BCUT2D eigenvalue weighted by molar-refractivity contribution is -0.133. The molecule has 1 aromatic rings. The van der Waals surface area contributed by atoms with Crippen molar-refractivity contribution in [1.82, 2.24) is 9.80 Å². The van der Waals surface area contributed by atoms with E-state index >= 15 is 0 Å². The molecule has 0 bridgehead atoms. The summed E-state index contributed by atoms with van der Waals surface area (Å²) in [5, 5.41) is 0.455. The quantitative estimate of drug-likeness (QED) is 0.917. The van der Waals surface area contributed by atoms with Gasteiger partial charge in [-0.3, -0.25) is 9.59 Å². The molecule has 0 saturated carbocycles. The van der Waals surface area contributed by atoms with Crippen molar-refractivity contribution in [1.29, 1.82) is 0 Å². The monoisotopic (exact) mass is 337 g/mol. The van der Waals surface area contributed by atoms with Crippen LogP contribution in [0.2, 0.25) is 5.02 Å². The lowest BCUT2D eigenvalue weighted by Crippen LogP contribution is -2.47. The van der Waals surface area contributed by atoms with Gasteiger partial charge in [-0.05, 0) is 24.5 Å². The Hall–Kier alpha value is -1.59. The van der Waals surface area contributed by atoms with Gasteiger partial charge < -0.3 is 15.5 Å². The lowest BCUT2D eigenvalue weighted by atomic mass is 10.0. The van der Waals surface area contributed by atoms with E-state index in [0.717, 1.165) is 6.42 Å². The minimum Gasteiger partial charge on any atom is -0.340 e. The molecule has 1 aliphatic rings. The second-order valence-corrected chi connectivity index (χ2v) is 6.63. The summed E-state index contributed by atoms with van der Waals surface area (Å²) >= 11 is 6.11. The number of nitrogens with two attached hydrogens (primary N) is 1. The van der Waals surface area contributed by atoms with Crippen LogP contribution in [0.3, 0.4) is 0 Å². The molecule has 1 aliphatic heterocycles. The third-order valence-electron chi connectivity index (χ3n) is 4.20. The van der Waals surface area contributed by atoms with E-state index in [2.05, 4.69) is 0 Å². The average molecular weight is 338 g/mol. The third-order valence-corrected chi connectivity index (χ3v) is 4.53. The van der Waals surface area contributed by atoms with Crippen LogP contribution in [0.25, 0.3) is 0 Å². The molecule has 0 spiro atoms. The van der Waals surface area contributed by atoms with Gasteiger partial charge in [0.05, 0.1) is 16.6 Å². The van der Waals surface area contributed by atoms with Gasteiger partial charge in [-0.25, -0.2) is 0 Å². The largest absolute Gasteiger partial charge is 0.340 e. The van der Waals surface area contributed by atoms with Gasteiger partial charge >= 0.3 is 0 Å². The van der Waals surface area contributed by atoms with Crippen molar-refractivity contribution in [2.45, 2.75) is 26.3 Å². The maximum atomic E-state index is 12.6. The van der Waals surface area contributed by atoms with E-state index < -0.39 is 6.04 Å². The van der Waals surface area contributed by atoms with Gasteiger partial charge in [0.25, 0.3) is 5.91 Å². The Labute approximate surface area is 142 Å². The minimum atomic E-state index is -0.485. The first-order chi connectivity index (χ1) is 10.9. The maximum Gasteiger partial charge on any atom is 0.255 e. The van der Waals surface area contributed by atoms with E-state index in [1.165, 1.54) is 0 Å². The number of benzene rings is 1. The number of nitrogens with zero attached hydrogens (tertiary/aromatic N) is 2. The molecule has 0 unspecified atom stereocenters. The first-order valence-corrected chi connectivity index (χ1v) is 8.37. The number of carbonyl (C=O) groups excluding carboxylic acids is 2. The van der Waals surface area contributed by atoms with Crippen molar-refractivity contribution in [3.63, 3.8) is 0 Å². The van der Waals surface area contributed by atoms with Crippen LogP contribution < -0.4 is 5.73 Å². The van der Waals surface area contributed by atoms with Crippen molar-refractivity contribution in [3.05, 3.63) is 34.9 Å². The van der Waals surface area contributed by atoms with Gasteiger partial charge in [0.15, 0.2) is 0 Å². The molecule has 2 amide bonds. The van der Waals surface area contributed by atoms with Gasteiger partial charge in [0.2, 0.25) is 5.91 Å². The third kappa shape index (κ3) is 4.24. The summed E-state index contributed by atoms with van der Waals surface area (Å²) in [5.74, 6) is -0.0169. The molecule has 2 N–H and O–H groups in total. The predicted octanol–water partition coefficient (Wildman–Crippen LogP) is 2.00. The van der Waals surface area contributed by atoms with Gasteiger partial charge in [-0.15, -0.1) is 0 Å². The molecule has 0 radical (unpaired) electrons. The van der Waals surface area contributed by atoms with E-state index in [0.29, 0.717) is 36.8 Å². The highest BCUT2D eigenvalue weighted by molar-refractivity contribution is 6.33. The molecular weight excluding hydrogens is 314 g/mol. The van der Waals surface area contributed by atoms with Crippen molar-refractivity contribution in [3.8, 4) is 0 Å². The molecular formula is C17H24ClN3O2. The molecule has 5 nitrogen and oxygen atoms in total. The zero-order chi connectivity index (χ0) is 17.0. The highest BCUT2D eigenvalue weighted by Crippen LogP contribution is 2.18. The highest BCUT2D eigenvalue weighted by Gasteiger charge is 2.27. The highest BCUT2D eigenvalue weighted by atomic mass is 35.5. The van der Waals surface area contributed by atoms with Crippen LogP contribution in [0.1, 0.15) is 30.6 Å². The van der Waals surface area contributed by atoms with Crippen LogP contribution in [0.4, 0.5) is 0 Å². The molecule has 0 aromatic heterocycles. The van der Waals surface area contributed by atoms with Crippen LogP contribution in [0.15, 0.2) is 24.3 Å². The average Bonchev–Trinajstić information content (AvgIpc) is 2.79. The Morgan fingerprint density at radius 2 is 1.70 bits per heavy atom. The molecule has 0 aliphatic carbocycles. The fraction of sp³-hybridized carbons (Fsp3) is 0.529. The standard InChI is InChI=1S/C17H24ClN3O2/c1-12(2)15(19)17(23)21-9-5-8-20(10-11-21)16(22)13-6-3-4-7-14(13)18/h3-4,6-7,12,15H,5,8-11,19H2,1-2H3/t15-/m1/s1. The van der Waals surface area contributed by atoms with Gasteiger partial charge in [-0.2, -0.15) is 0 Å². The molecule has 126 valence electrons. The van der Waals surface area contributed by atoms with E-state index in [1.807, 2.05) is 13.8 Å². The number of halogens is 1. The van der Waals surface area contributed by atoms with E-state index in [1.54, 1.807) is 34.1 Å². The van der Waals surface area contributed by atoms with Crippen LogP contribution in [0.5, 0.6) is 0 Å². The first-order valence-electron chi connectivity index (χ1n) is 8.00. The molecule has 6 heteroatoms.